The average Bonchev–Trinajstić information content (AvgIpc) is 3.20. The van der Waals surface area contributed by atoms with Gasteiger partial charge >= 0.3 is 0 Å². The third kappa shape index (κ3) is 4.94. The molecule has 1 amide bonds. The van der Waals surface area contributed by atoms with Crippen LogP contribution in [0.2, 0.25) is 0 Å². The first-order valence-electron chi connectivity index (χ1n) is 12.0. The number of benzene rings is 2. The van der Waals surface area contributed by atoms with Crippen LogP contribution < -0.4 is 9.64 Å². The zero-order valence-corrected chi connectivity index (χ0v) is 20.7. The number of anilines is 1. The van der Waals surface area contributed by atoms with Crippen LogP contribution in [0.3, 0.4) is 0 Å². The summed E-state index contributed by atoms with van der Waals surface area (Å²) in [4.78, 5) is 20.3. The summed E-state index contributed by atoms with van der Waals surface area (Å²) in [6.45, 7) is 9.16. The molecule has 1 aliphatic rings. The highest BCUT2D eigenvalue weighted by molar-refractivity contribution is 5.97. The van der Waals surface area contributed by atoms with Gasteiger partial charge in [-0.1, -0.05) is 37.3 Å². The lowest BCUT2D eigenvalue weighted by molar-refractivity contribution is 0.0739. The fourth-order valence-electron chi connectivity index (χ4n) is 4.53. The molecule has 180 valence electrons. The molecular weight excluding hydrogens is 426 g/mol. The molecule has 0 aliphatic carbocycles. The number of rotatable bonds is 8. The number of hydrogen-bond acceptors (Lipinski definition) is 5. The van der Waals surface area contributed by atoms with E-state index in [1.165, 1.54) is 0 Å². The topological polar surface area (TPSA) is 53.8 Å². The summed E-state index contributed by atoms with van der Waals surface area (Å²) in [7, 11) is 3.77. The number of para-hydroxylation sites is 2. The van der Waals surface area contributed by atoms with E-state index in [0.29, 0.717) is 24.4 Å². The Labute approximate surface area is 202 Å². The Hall–Kier alpha value is -3.32. The third-order valence-electron chi connectivity index (χ3n) is 6.43. The minimum atomic E-state index is -0.0181. The molecule has 0 N–H and O–H groups in total. The van der Waals surface area contributed by atoms with Crippen molar-refractivity contribution in [2.24, 2.45) is 0 Å². The Morgan fingerprint density at radius 1 is 1.03 bits per heavy atom. The second-order valence-electron chi connectivity index (χ2n) is 8.85. The van der Waals surface area contributed by atoms with Crippen LogP contribution in [0, 0.1) is 6.92 Å². The summed E-state index contributed by atoms with van der Waals surface area (Å²) in [6, 6.07) is 17.7. The van der Waals surface area contributed by atoms with Crippen molar-refractivity contribution in [3.63, 3.8) is 0 Å². The maximum absolute atomic E-state index is 13.6. The van der Waals surface area contributed by atoms with Gasteiger partial charge in [0.05, 0.1) is 30.6 Å². The normalized spacial score (nSPS) is 14.3. The second-order valence-corrected chi connectivity index (χ2v) is 8.85. The first-order chi connectivity index (χ1) is 16.5. The van der Waals surface area contributed by atoms with Crippen molar-refractivity contribution in [2.45, 2.75) is 26.8 Å². The van der Waals surface area contributed by atoms with Crippen molar-refractivity contribution in [3.05, 3.63) is 71.4 Å². The number of aryl methyl sites for hydroxylation is 1. The minimum Gasteiger partial charge on any atom is -0.496 e. The Morgan fingerprint density at radius 2 is 1.71 bits per heavy atom. The molecule has 2 aromatic carbocycles. The minimum absolute atomic E-state index is 0.0181. The van der Waals surface area contributed by atoms with Gasteiger partial charge in [0, 0.05) is 38.3 Å². The van der Waals surface area contributed by atoms with Gasteiger partial charge in [0.15, 0.2) is 0 Å². The second kappa shape index (κ2) is 10.7. The highest BCUT2D eigenvalue weighted by Gasteiger charge is 2.28. The summed E-state index contributed by atoms with van der Waals surface area (Å²) < 4.78 is 7.53. The molecule has 2 heterocycles. The van der Waals surface area contributed by atoms with Gasteiger partial charge < -0.3 is 19.4 Å². The van der Waals surface area contributed by atoms with Crippen LogP contribution in [0.15, 0.2) is 54.6 Å². The Kier molecular flexibility index (Phi) is 7.53. The van der Waals surface area contributed by atoms with E-state index in [4.69, 9.17) is 9.84 Å². The maximum atomic E-state index is 13.6. The van der Waals surface area contributed by atoms with Gasteiger partial charge in [-0.15, -0.1) is 0 Å². The molecule has 7 heteroatoms. The smallest absolute Gasteiger partial charge is 0.257 e. The van der Waals surface area contributed by atoms with Gasteiger partial charge in [-0.25, -0.2) is 4.68 Å². The predicted molar refractivity (Wildman–Crippen MR) is 136 cm³/mol. The SMILES string of the molecule is CCCN(Cc1c(C)nn(-c2ccccc2)c1N1CCN(C)CC1)C(=O)c1ccccc1OC. The molecule has 4 rings (SSSR count). The highest BCUT2D eigenvalue weighted by Crippen LogP contribution is 2.30. The molecule has 1 saturated heterocycles. The number of carbonyl (C=O) groups excluding carboxylic acids is 1. The van der Waals surface area contributed by atoms with Crippen molar-refractivity contribution in [2.75, 3.05) is 51.8 Å². The van der Waals surface area contributed by atoms with Gasteiger partial charge in [-0.3, -0.25) is 4.79 Å². The molecule has 7 nitrogen and oxygen atoms in total. The van der Waals surface area contributed by atoms with Crippen molar-refractivity contribution in [1.29, 1.82) is 0 Å². The van der Waals surface area contributed by atoms with Crippen molar-refractivity contribution in [1.82, 2.24) is 19.6 Å². The van der Waals surface area contributed by atoms with E-state index in [9.17, 15) is 4.79 Å². The van der Waals surface area contributed by atoms with Gasteiger partial charge in [0.25, 0.3) is 5.91 Å². The molecule has 1 aliphatic heterocycles. The summed E-state index contributed by atoms with van der Waals surface area (Å²) in [5.74, 6) is 1.67. The van der Waals surface area contributed by atoms with Crippen molar-refractivity contribution >= 4 is 11.7 Å². The number of nitrogens with zero attached hydrogens (tertiary/aromatic N) is 5. The molecule has 0 unspecified atom stereocenters. The molecular formula is C27H35N5O2. The van der Waals surface area contributed by atoms with Gasteiger partial charge in [0.1, 0.15) is 11.6 Å². The van der Waals surface area contributed by atoms with Crippen LogP contribution in [-0.4, -0.2) is 72.4 Å². The largest absolute Gasteiger partial charge is 0.496 e. The van der Waals surface area contributed by atoms with E-state index in [1.807, 2.05) is 59.0 Å². The first kappa shape index (κ1) is 23.8. The first-order valence-corrected chi connectivity index (χ1v) is 12.0. The molecule has 1 fully saturated rings. The molecule has 0 saturated carbocycles. The van der Waals surface area contributed by atoms with Crippen LogP contribution >= 0.6 is 0 Å². The number of ether oxygens (including phenoxy) is 1. The number of carbonyl (C=O) groups is 1. The number of methoxy groups -OCH3 is 1. The van der Waals surface area contributed by atoms with Crippen LogP contribution in [-0.2, 0) is 6.54 Å². The Balaban J connectivity index is 1.74. The predicted octanol–water partition coefficient (Wildman–Crippen LogP) is 3.99. The number of hydrogen-bond donors (Lipinski definition) is 0. The zero-order valence-electron chi connectivity index (χ0n) is 20.7. The van der Waals surface area contributed by atoms with E-state index < -0.39 is 0 Å². The Bertz CT molecular complexity index is 1100. The molecule has 3 aromatic rings. The van der Waals surface area contributed by atoms with Crippen LogP contribution in [0.4, 0.5) is 5.82 Å². The van der Waals surface area contributed by atoms with Crippen LogP contribution in [0.25, 0.3) is 5.69 Å². The lowest BCUT2D eigenvalue weighted by atomic mass is 10.1. The standard InChI is InChI=1S/C27H35N5O2/c1-5-15-31(27(33)23-13-9-10-14-25(23)34-4)20-24-21(2)28-32(22-11-7-6-8-12-22)26(24)30-18-16-29(3)17-19-30/h6-14H,5,15-20H2,1-4H3. The monoisotopic (exact) mass is 461 g/mol. The number of piperazine rings is 1. The van der Waals surface area contributed by atoms with Crippen LogP contribution in [0.5, 0.6) is 5.75 Å². The van der Waals surface area contributed by atoms with Gasteiger partial charge in [-0.2, -0.15) is 5.10 Å². The maximum Gasteiger partial charge on any atom is 0.257 e. The average molecular weight is 462 g/mol. The summed E-state index contributed by atoms with van der Waals surface area (Å²) in [6.07, 6.45) is 0.872. The van der Waals surface area contributed by atoms with Crippen molar-refractivity contribution in [3.8, 4) is 11.4 Å². The van der Waals surface area contributed by atoms with E-state index in [2.05, 4.69) is 35.9 Å². The lowest BCUT2D eigenvalue weighted by Crippen LogP contribution is -2.45. The number of amides is 1. The summed E-state index contributed by atoms with van der Waals surface area (Å²) >= 11 is 0. The van der Waals surface area contributed by atoms with Crippen molar-refractivity contribution < 1.29 is 9.53 Å². The number of aromatic nitrogens is 2. The quantitative estimate of drug-likeness (QED) is 0.508. The van der Waals surface area contributed by atoms with Crippen LogP contribution in [0.1, 0.15) is 35.0 Å². The lowest BCUT2D eigenvalue weighted by Gasteiger charge is -2.35. The van der Waals surface area contributed by atoms with Gasteiger partial charge in [0.2, 0.25) is 0 Å². The molecule has 0 atom stereocenters. The fraction of sp³-hybridized carbons (Fsp3) is 0.407. The number of likely N-dealkylation sites (N-methyl/N-ethyl adjacent to an activating group) is 1. The van der Waals surface area contributed by atoms with E-state index in [0.717, 1.165) is 55.4 Å². The van der Waals surface area contributed by atoms with Gasteiger partial charge in [-0.05, 0) is 44.7 Å². The summed E-state index contributed by atoms with van der Waals surface area (Å²) in [5.41, 5.74) is 3.67. The highest BCUT2D eigenvalue weighted by atomic mass is 16.5. The molecule has 0 bridgehead atoms. The molecule has 1 aromatic heterocycles. The molecule has 0 spiro atoms. The zero-order chi connectivity index (χ0) is 24.1. The fourth-order valence-corrected chi connectivity index (χ4v) is 4.53. The van der Waals surface area contributed by atoms with E-state index >= 15 is 0 Å². The Morgan fingerprint density at radius 3 is 2.38 bits per heavy atom. The molecule has 0 radical (unpaired) electrons. The van der Waals surface area contributed by atoms with E-state index in [-0.39, 0.29) is 5.91 Å². The van der Waals surface area contributed by atoms with E-state index in [1.54, 1.807) is 7.11 Å². The summed E-state index contributed by atoms with van der Waals surface area (Å²) in [5, 5.41) is 4.95. The molecule has 34 heavy (non-hydrogen) atoms. The third-order valence-corrected chi connectivity index (χ3v) is 6.43.